The monoisotopic (exact) mass is 280 g/mol. The van der Waals surface area contributed by atoms with Crippen molar-refractivity contribution in [2.24, 2.45) is 0 Å². The lowest BCUT2D eigenvalue weighted by atomic mass is 10.2. The van der Waals surface area contributed by atoms with Crippen molar-refractivity contribution in [2.75, 3.05) is 13.4 Å². The minimum atomic E-state index is 0. The van der Waals surface area contributed by atoms with Gasteiger partial charge in [0, 0.05) is 16.5 Å². The van der Waals surface area contributed by atoms with Gasteiger partial charge in [0.25, 0.3) is 0 Å². The number of halogens is 1. The zero-order valence-electron chi connectivity index (χ0n) is 10.6. The quantitative estimate of drug-likeness (QED) is 0.742. The fourth-order valence-corrected chi connectivity index (χ4v) is 3.18. The molecule has 0 amide bonds. The summed E-state index contributed by atoms with van der Waals surface area (Å²) in [6.45, 7) is 0. The van der Waals surface area contributed by atoms with Gasteiger partial charge < -0.3 is 17.1 Å². The standard InChI is InChI=1S/C15H17OS.ClH/c1-16-14-8-10-15(11-9-14)17(2)12-13-6-4-3-5-7-13;/h3-11H,12H2,1-2H3;1H/q+1;/p-1. The molecule has 0 aliphatic heterocycles. The predicted octanol–water partition coefficient (Wildman–Crippen LogP) is 0.506. The lowest BCUT2D eigenvalue weighted by Crippen LogP contribution is -3.00. The average molecular weight is 281 g/mol. The SMILES string of the molecule is COc1ccc([S+](C)Cc2ccccc2)cc1.[Cl-]. The van der Waals surface area contributed by atoms with E-state index in [2.05, 4.69) is 48.7 Å². The van der Waals surface area contributed by atoms with Gasteiger partial charge in [0.15, 0.2) is 4.90 Å². The highest BCUT2D eigenvalue weighted by molar-refractivity contribution is 7.95. The molecule has 0 heterocycles. The van der Waals surface area contributed by atoms with Gasteiger partial charge in [0.1, 0.15) is 17.8 Å². The largest absolute Gasteiger partial charge is 1.00 e. The van der Waals surface area contributed by atoms with Crippen LogP contribution in [0.25, 0.3) is 0 Å². The minimum Gasteiger partial charge on any atom is -1.00 e. The molecule has 0 N–H and O–H groups in total. The first-order valence-electron chi connectivity index (χ1n) is 5.60. The molecule has 0 spiro atoms. The van der Waals surface area contributed by atoms with Crippen LogP contribution in [0.15, 0.2) is 59.5 Å². The Bertz CT molecular complexity index is 456. The lowest BCUT2D eigenvalue weighted by Gasteiger charge is -2.04. The summed E-state index contributed by atoms with van der Waals surface area (Å²) in [6, 6.07) is 19.0. The highest BCUT2D eigenvalue weighted by Gasteiger charge is 2.15. The van der Waals surface area contributed by atoms with Gasteiger partial charge in [-0.2, -0.15) is 0 Å². The van der Waals surface area contributed by atoms with Gasteiger partial charge >= 0.3 is 0 Å². The molecule has 2 rings (SSSR count). The second-order valence-electron chi connectivity index (χ2n) is 3.94. The molecular weight excluding hydrogens is 264 g/mol. The highest BCUT2D eigenvalue weighted by Crippen LogP contribution is 2.19. The smallest absolute Gasteiger partial charge is 0.155 e. The van der Waals surface area contributed by atoms with E-state index >= 15 is 0 Å². The second-order valence-corrected chi connectivity index (χ2v) is 5.98. The number of ether oxygens (including phenoxy) is 1. The Hall–Kier alpha value is -1.12. The molecule has 2 aromatic rings. The van der Waals surface area contributed by atoms with E-state index in [9.17, 15) is 0 Å². The van der Waals surface area contributed by atoms with Crippen molar-refractivity contribution in [1.29, 1.82) is 0 Å². The summed E-state index contributed by atoms with van der Waals surface area (Å²) in [7, 11) is 1.95. The number of methoxy groups -OCH3 is 1. The van der Waals surface area contributed by atoms with E-state index in [0.717, 1.165) is 11.5 Å². The lowest BCUT2D eigenvalue weighted by molar-refractivity contribution is -0.00000385. The van der Waals surface area contributed by atoms with Gasteiger partial charge in [-0.3, -0.25) is 0 Å². The summed E-state index contributed by atoms with van der Waals surface area (Å²) in [5.41, 5.74) is 1.40. The van der Waals surface area contributed by atoms with Gasteiger partial charge in [-0.15, -0.1) is 0 Å². The summed E-state index contributed by atoms with van der Waals surface area (Å²) in [4.78, 5) is 1.38. The molecule has 0 aromatic heterocycles. The van der Waals surface area contributed by atoms with Gasteiger partial charge in [-0.1, -0.05) is 30.3 Å². The van der Waals surface area contributed by atoms with Gasteiger partial charge in [0.05, 0.1) is 7.11 Å². The Morgan fingerprint density at radius 1 is 0.944 bits per heavy atom. The number of benzene rings is 2. The Morgan fingerprint density at radius 3 is 2.11 bits per heavy atom. The van der Waals surface area contributed by atoms with Crippen LogP contribution in [0.5, 0.6) is 5.75 Å². The van der Waals surface area contributed by atoms with Crippen LogP contribution in [0.1, 0.15) is 5.56 Å². The van der Waals surface area contributed by atoms with Crippen LogP contribution >= 0.6 is 0 Å². The van der Waals surface area contributed by atoms with E-state index in [4.69, 9.17) is 4.74 Å². The first kappa shape index (κ1) is 14.9. The topological polar surface area (TPSA) is 9.23 Å². The van der Waals surface area contributed by atoms with Crippen molar-refractivity contribution in [3.63, 3.8) is 0 Å². The van der Waals surface area contributed by atoms with Crippen LogP contribution in [-0.4, -0.2) is 13.4 Å². The van der Waals surface area contributed by atoms with Crippen molar-refractivity contribution in [2.45, 2.75) is 10.6 Å². The first-order valence-corrected chi connectivity index (χ1v) is 7.40. The molecule has 1 atom stereocenters. The minimum absolute atomic E-state index is 0. The fourth-order valence-electron chi connectivity index (χ4n) is 1.72. The van der Waals surface area contributed by atoms with Crippen molar-refractivity contribution in [1.82, 2.24) is 0 Å². The van der Waals surface area contributed by atoms with E-state index in [-0.39, 0.29) is 23.3 Å². The maximum atomic E-state index is 5.17. The van der Waals surface area contributed by atoms with E-state index in [1.54, 1.807) is 7.11 Å². The predicted molar refractivity (Wildman–Crippen MR) is 74.7 cm³/mol. The fraction of sp³-hybridized carbons (Fsp3) is 0.200. The molecule has 18 heavy (non-hydrogen) atoms. The van der Waals surface area contributed by atoms with Gasteiger partial charge in [-0.25, -0.2) is 0 Å². The summed E-state index contributed by atoms with van der Waals surface area (Å²) in [6.07, 6.45) is 2.29. The molecule has 1 nitrogen and oxygen atoms in total. The highest BCUT2D eigenvalue weighted by atomic mass is 35.5. The van der Waals surface area contributed by atoms with Crippen LogP contribution in [0.3, 0.4) is 0 Å². The number of hydrogen-bond donors (Lipinski definition) is 0. The Labute approximate surface area is 118 Å². The summed E-state index contributed by atoms with van der Waals surface area (Å²) < 4.78 is 5.17. The molecule has 0 aliphatic rings. The zero-order chi connectivity index (χ0) is 12.1. The van der Waals surface area contributed by atoms with Crippen LogP contribution in [0.4, 0.5) is 0 Å². The molecule has 3 heteroatoms. The van der Waals surface area contributed by atoms with Gasteiger partial charge in [-0.05, 0) is 24.3 Å². The Balaban J connectivity index is 0.00000162. The average Bonchev–Trinajstić information content (AvgIpc) is 2.40. The summed E-state index contributed by atoms with van der Waals surface area (Å²) in [5, 5.41) is 0. The Kier molecular flexibility index (Phi) is 6.10. The molecule has 96 valence electrons. The van der Waals surface area contributed by atoms with Crippen molar-refractivity contribution >= 4 is 10.9 Å². The maximum absolute atomic E-state index is 5.17. The molecular formula is C15H17ClOS. The third kappa shape index (κ3) is 3.97. The molecule has 2 aromatic carbocycles. The van der Waals surface area contributed by atoms with Crippen LogP contribution in [0, 0.1) is 0 Å². The first-order chi connectivity index (χ1) is 8.29. The van der Waals surface area contributed by atoms with E-state index < -0.39 is 0 Å². The molecule has 0 aliphatic carbocycles. The van der Waals surface area contributed by atoms with E-state index in [0.29, 0.717) is 0 Å². The van der Waals surface area contributed by atoms with Crippen LogP contribution in [0.2, 0.25) is 0 Å². The number of rotatable bonds is 4. The van der Waals surface area contributed by atoms with Crippen molar-refractivity contribution in [3.8, 4) is 5.75 Å². The molecule has 1 unspecified atom stereocenters. The van der Waals surface area contributed by atoms with E-state index in [1.807, 2.05) is 12.1 Å². The molecule has 0 saturated heterocycles. The Morgan fingerprint density at radius 2 is 1.56 bits per heavy atom. The van der Waals surface area contributed by atoms with Crippen molar-refractivity contribution in [3.05, 3.63) is 60.2 Å². The van der Waals surface area contributed by atoms with Crippen LogP contribution < -0.4 is 17.1 Å². The normalized spacial score (nSPS) is 11.4. The third-order valence-corrected chi connectivity index (χ3v) is 4.53. The molecule has 0 fully saturated rings. The van der Waals surface area contributed by atoms with Crippen molar-refractivity contribution < 1.29 is 17.1 Å². The molecule has 0 saturated carbocycles. The molecule has 0 radical (unpaired) electrons. The third-order valence-electron chi connectivity index (χ3n) is 2.69. The number of hydrogen-bond acceptors (Lipinski definition) is 1. The summed E-state index contributed by atoms with van der Waals surface area (Å²) in [5.74, 6) is 2.03. The molecule has 0 bridgehead atoms. The van der Waals surface area contributed by atoms with Gasteiger partial charge in [0.2, 0.25) is 0 Å². The van der Waals surface area contributed by atoms with Crippen LogP contribution in [-0.2, 0) is 16.6 Å². The summed E-state index contributed by atoms with van der Waals surface area (Å²) >= 11 is 0. The zero-order valence-corrected chi connectivity index (χ0v) is 12.2. The maximum Gasteiger partial charge on any atom is 0.155 e. The van der Waals surface area contributed by atoms with E-state index in [1.165, 1.54) is 10.5 Å². The second kappa shape index (κ2) is 7.34.